The highest BCUT2D eigenvalue weighted by Gasteiger charge is 2.15. The molecule has 0 aliphatic heterocycles. The van der Waals surface area contributed by atoms with E-state index in [1.165, 1.54) is 0 Å². The molecular weight excluding hydrogens is 320 g/mol. The van der Waals surface area contributed by atoms with Crippen molar-refractivity contribution in [2.75, 3.05) is 13.7 Å². The number of carbonyl (C=O) groups excluding carboxylic acids is 1. The van der Waals surface area contributed by atoms with Gasteiger partial charge >= 0.3 is 6.09 Å². The predicted molar refractivity (Wildman–Crippen MR) is 93.2 cm³/mol. The second-order valence-corrected chi connectivity index (χ2v) is 6.45. The van der Waals surface area contributed by atoms with Gasteiger partial charge in [-0.25, -0.2) is 4.79 Å². The van der Waals surface area contributed by atoms with Crippen molar-refractivity contribution in [3.63, 3.8) is 0 Å². The molecule has 0 aliphatic rings. The van der Waals surface area contributed by atoms with Gasteiger partial charge in [0.05, 0.1) is 31.5 Å². The van der Waals surface area contributed by atoms with Crippen LogP contribution in [0, 0.1) is 11.3 Å². The molecule has 132 valence electrons. The minimum absolute atomic E-state index is 0.394. The molecule has 0 unspecified atom stereocenters. The largest absolute Gasteiger partial charge is 0.496 e. The Bertz CT molecular complexity index is 784. The maximum atomic E-state index is 11.6. The van der Waals surface area contributed by atoms with Gasteiger partial charge in [-0.05, 0) is 39.0 Å². The van der Waals surface area contributed by atoms with Crippen LogP contribution in [-0.2, 0) is 11.3 Å². The third kappa shape index (κ3) is 5.24. The number of amides is 1. The van der Waals surface area contributed by atoms with E-state index in [1.807, 2.05) is 27.0 Å². The molecule has 7 nitrogen and oxygen atoms in total. The summed E-state index contributed by atoms with van der Waals surface area (Å²) in [6.07, 6.45) is 3.09. The zero-order valence-corrected chi connectivity index (χ0v) is 14.9. The van der Waals surface area contributed by atoms with Gasteiger partial charge in [-0.3, -0.25) is 4.68 Å². The molecule has 1 amide bonds. The fourth-order valence-electron chi connectivity index (χ4n) is 2.21. The highest BCUT2D eigenvalue weighted by atomic mass is 16.6. The molecule has 0 fully saturated rings. The second-order valence-electron chi connectivity index (χ2n) is 6.45. The Balaban J connectivity index is 2.01. The number of aromatic nitrogens is 2. The first-order chi connectivity index (χ1) is 11.8. The lowest BCUT2D eigenvalue weighted by molar-refractivity contribution is 0.0525. The normalized spacial score (nSPS) is 10.8. The number of hydrogen-bond acceptors (Lipinski definition) is 5. The molecule has 25 heavy (non-hydrogen) atoms. The minimum atomic E-state index is -0.523. The van der Waals surface area contributed by atoms with Crippen LogP contribution >= 0.6 is 0 Å². The Morgan fingerprint density at radius 3 is 2.80 bits per heavy atom. The molecule has 0 atom stereocenters. The van der Waals surface area contributed by atoms with Crippen molar-refractivity contribution in [2.45, 2.75) is 32.9 Å². The monoisotopic (exact) mass is 342 g/mol. The van der Waals surface area contributed by atoms with Crippen molar-refractivity contribution in [3.05, 3.63) is 36.2 Å². The molecule has 0 saturated carbocycles. The maximum absolute atomic E-state index is 11.6. The molecule has 1 aromatic carbocycles. The van der Waals surface area contributed by atoms with Gasteiger partial charge < -0.3 is 14.8 Å². The van der Waals surface area contributed by atoms with Crippen LogP contribution in [0.3, 0.4) is 0 Å². The number of hydrogen-bond donors (Lipinski definition) is 1. The van der Waals surface area contributed by atoms with E-state index in [9.17, 15) is 4.79 Å². The molecule has 1 N–H and O–H groups in total. The Hall–Kier alpha value is -3.01. The van der Waals surface area contributed by atoms with E-state index in [2.05, 4.69) is 16.5 Å². The Labute approximate surface area is 147 Å². The number of carbonyl (C=O) groups is 1. The highest BCUT2D eigenvalue weighted by molar-refractivity contribution is 5.71. The molecule has 2 aromatic rings. The fraction of sp³-hybridized carbons (Fsp3) is 0.389. The van der Waals surface area contributed by atoms with E-state index in [4.69, 9.17) is 14.7 Å². The zero-order chi connectivity index (χ0) is 18.4. The quantitative estimate of drug-likeness (QED) is 0.902. The predicted octanol–water partition coefficient (Wildman–Crippen LogP) is 2.96. The average Bonchev–Trinajstić information content (AvgIpc) is 3.01. The number of rotatable bonds is 5. The molecule has 0 spiro atoms. The van der Waals surface area contributed by atoms with Gasteiger partial charge in [0.25, 0.3) is 0 Å². The van der Waals surface area contributed by atoms with E-state index >= 15 is 0 Å². The fourth-order valence-corrected chi connectivity index (χ4v) is 2.21. The summed E-state index contributed by atoms with van der Waals surface area (Å²) < 4.78 is 12.2. The van der Waals surface area contributed by atoms with Crippen LogP contribution in [0.4, 0.5) is 4.79 Å². The van der Waals surface area contributed by atoms with E-state index in [1.54, 1.807) is 36.2 Å². The summed E-state index contributed by atoms with van der Waals surface area (Å²) in [7, 11) is 1.58. The molecule has 2 rings (SSSR count). The molecule has 1 heterocycles. The van der Waals surface area contributed by atoms with E-state index < -0.39 is 11.7 Å². The van der Waals surface area contributed by atoms with Gasteiger partial charge in [0.15, 0.2) is 0 Å². The number of nitriles is 1. The lowest BCUT2D eigenvalue weighted by Gasteiger charge is -2.19. The van der Waals surface area contributed by atoms with Crippen LogP contribution in [0.1, 0.15) is 26.3 Å². The molecular formula is C18H22N4O3. The smallest absolute Gasteiger partial charge is 0.407 e. The number of methoxy groups -OCH3 is 1. The molecule has 0 saturated heterocycles. The summed E-state index contributed by atoms with van der Waals surface area (Å²) in [6, 6.07) is 7.34. The summed E-state index contributed by atoms with van der Waals surface area (Å²) >= 11 is 0. The summed E-state index contributed by atoms with van der Waals surface area (Å²) in [4.78, 5) is 11.6. The first-order valence-corrected chi connectivity index (χ1v) is 7.90. The first-order valence-electron chi connectivity index (χ1n) is 7.90. The maximum Gasteiger partial charge on any atom is 0.407 e. The first kappa shape index (κ1) is 18.3. The van der Waals surface area contributed by atoms with Crippen molar-refractivity contribution < 1.29 is 14.3 Å². The van der Waals surface area contributed by atoms with Crippen LogP contribution in [0.15, 0.2) is 30.6 Å². The number of nitrogens with zero attached hydrogens (tertiary/aromatic N) is 3. The van der Waals surface area contributed by atoms with E-state index in [-0.39, 0.29) is 0 Å². The summed E-state index contributed by atoms with van der Waals surface area (Å²) in [5.41, 5.74) is 1.67. The van der Waals surface area contributed by atoms with Crippen LogP contribution < -0.4 is 10.1 Å². The SMILES string of the molecule is COc1ccc(C#N)cc1-c1cnn(CCNC(=O)OC(C)(C)C)c1. The Kier molecular flexibility index (Phi) is 5.65. The van der Waals surface area contributed by atoms with Crippen LogP contribution in [-0.4, -0.2) is 35.1 Å². The van der Waals surface area contributed by atoms with Crippen LogP contribution in [0.5, 0.6) is 5.75 Å². The molecule has 1 aromatic heterocycles. The lowest BCUT2D eigenvalue weighted by Crippen LogP contribution is -2.34. The molecule has 0 radical (unpaired) electrons. The number of nitrogens with one attached hydrogen (secondary N) is 1. The Morgan fingerprint density at radius 1 is 1.40 bits per heavy atom. The summed E-state index contributed by atoms with van der Waals surface area (Å²) in [6.45, 7) is 6.34. The van der Waals surface area contributed by atoms with Gasteiger partial charge in [0.2, 0.25) is 0 Å². The summed E-state index contributed by atoms with van der Waals surface area (Å²) in [5, 5.41) is 16.0. The Morgan fingerprint density at radius 2 is 2.16 bits per heavy atom. The average molecular weight is 342 g/mol. The van der Waals surface area contributed by atoms with Crippen molar-refractivity contribution in [1.82, 2.24) is 15.1 Å². The standard InChI is InChI=1S/C18H22N4O3/c1-18(2,3)25-17(23)20-7-8-22-12-14(11-21-22)15-9-13(10-19)5-6-16(15)24-4/h5-6,9,11-12H,7-8H2,1-4H3,(H,20,23). The lowest BCUT2D eigenvalue weighted by atomic mass is 10.1. The van der Waals surface area contributed by atoms with Crippen LogP contribution in [0.2, 0.25) is 0 Å². The van der Waals surface area contributed by atoms with Crippen molar-refractivity contribution in [2.24, 2.45) is 0 Å². The van der Waals surface area contributed by atoms with Crippen molar-refractivity contribution in [3.8, 4) is 22.9 Å². The highest BCUT2D eigenvalue weighted by Crippen LogP contribution is 2.30. The van der Waals surface area contributed by atoms with Gasteiger partial charge in [-0.1, -0.05) is 0 Å². The van der Waals surface area contributed by atoms with Gasteiger partial charge in [-0.2, -0.15) is 10.4 Å². The van der Waals surface area contributed by atoms with E-state index in [0.717, 1.165) is 11.1 Å². The molecule has 7 heteroatoms. The third-order valence-electron chi connectivity index (χ3n) is 3.28. The minimum Gasteiger partial charge on any atom is -0.496 e. The van der Waals surface area contributed by atoms with Gasteiger partial charge in [0.1, 0.15) is 11.4 Å². The van der Waals surface area contributed by atoms with E-state index in [0.29, 0.717) is 24.4 Å². The molecule has 0 bridgehead atoms. The number of alkyl carbamates (subject to hydrolysis) is 1. The van der Waals surface area contributed by atoms with Crippen LogP contribution in [0.25, 0.3) is 11.1 Å². The topological polar surface area (TPSA) is 89.2 Å². The zero-order valence-electron chi connectivity index (χ0n) is 14.9. The van der Waals surface area contributed by atoms with Gasteiger partial charge in [-0.15, -0.1) is 0 Å². The van der Waals surface area contributed by atoms with Gasteiger partial charge in [0, 0.05) is 23.9 Å². The van der Waals surface area contributed by atoms with Crippen molar-refractivity contribution >= 4 is 6.09 Å². The third-order valence-corrected chi connectivity index (χ3v) is 3.28. The second kappa shape index (κ2) is 7.71. The summed E-state index contributed by atoms with van der Waals surface area (Å²) in [5.74, 6) is 0.672. The number of benzene rings is 1. The number of ether oxygens (including phenoxy) is 2. The van der Waals surface area contributed by atoms with Crippen molar-refractivity contribution in [1.29, 1.82) is 5.26 Å². The molecule has 0 aliphatic carbocycles.